The van der Waals surface area contributed by atoms with Crippen LogP contribution in [0.1, 0.15) is 62.5 Å². The standard InChI is InChI=1S/C30H39N5O5S/c1-28(17-39-18-28)20-6-8-21(9-7-20)40-10-4-5-24(36)33-14-25(37)35-23(12-29(2)16-30(29,35)3)27(38)34-13-22-11-19(15-41-22)26(31)32/h6-9,11,15,23H,4-5,10,12-14,16-18H2,1-3H3,(H3,31,32)(H,33,36)(H,34,38)/t23-,29+,30?/m0/s1. The van der Waals surface area contributed by atoms with E-state index in [-0.39, 0.29) is 47.4 Å². The van der Waals surface area contributed by atoms with Crippen LogP contribution in [0.2, 0.25) is 0 Å². The molecule has 2 saturated heterocycles. The number of thiophene rings is 1. The highest BCUT2D eigenvalue weighted by Gasteiger charge is 2.73. The van der Waals surface area contributed by atoms with Crippen LogP contribution in [-0.2, 0) is 31.1 Å². The Morgan fingerprint density at radius 1 is 1.17 bits per heavy atom. The highest BCUT2D eigenvalue weighted by atomic mass is 32.1. The number of amidine groups is 1. The Labute approximate surface area is 244 Å². The van der Waals surface area contributed by atoms with Crippen LogP contribution in [0.4, 0.5) is 0 Å². The zero-order valence-corrected chi connectivity index (χ0v) is 24.7. The predicted octanol–water partition coefficient (Wildman–Crippen LogP) is 2.68. The van der Waals surface area contributed by atoms with E-state index in [9.17, 15) is 14.4 Å². The van der Waals surface area contributed by atoms with Gasteiger partial charge < -0.3 is 30.7 Å². The molecule has 0 spiro atoms. The molecule has 1 saturated carbocycles. The summed E-state index contributed by atoms with van der Waals surface area (Å²) >= 11 is 1.42. The normalized spacial score (nSPS) is 25.5. The zero-order chi connectivity index (χ0) is 29.4. The van der Waals surface area contributed by atoms with Crippen LogP contribution in [0.25, 0.3) is 0 Å². The van der Waals surface area contributed by atoms with Gasteiger partial charge in [0, 0.05) is 33.2 Å². The minimum atomic E-state index is -0.588. The van der Waals surface area contributed by atoms with Crippen molar-refractivity contribution < 1.29 is 23.9 Å². The summed E-state index contributed by atoms with van der Waals surface area (Å²) in [6.45, 7) is 8.31. The molecule has 3 aliphatic rings. The van der Waals surface area contributed by atoms with Gasteiger partial charge in [0.15, 0.2) is 0 Å². The fraction of sp³-hybridized carbons (Fsp3) is 0.533. The van der Waals surface area contributed by atoms with Crippen molar-refractivity contribution in [1.82, 2.24) is 15.5 Å². The topological polar surface area (TPSA) is 147 Å². The second kappa shape index (κ2) is 11.1. The molecule has 5 rings (SSSR count). The smallest absolute Gasteiger partial charge is 0.243 e. The number of rotatable bonds is 12. The number of hydrogen-bond donors (Lipinski definition) is 4. The van der Waals surface area contributed by atoms with Crippen molar-refractivity contribution in [1.29, 1.82) is 5.41 Å². The van der Waals surface area contributed by atoms with E-state index in [0.717, 1.165) is 30.3 Å². The number of nitrogens with zero attached hydrogens (tertiary/aromatic N) is 1. The Bertz CT molecular complexity index is 1340. The third-order valence-electron chi connectivity index (χ3n) is 9.02. The van der Waals surface area contributed by atoms with Crippen LogP contribution in [0.15, 0.2) is 35.7 Å². The van der Waals surface area contributed by atoms with Crippen LogP contribution < -0.4 is 21.1 Å². The fourth-order valence-corrected chi connectivity index (χ4v) is 6.93. The summed E-state index contributed by atoms with van der Waals surface area (Å²) in [5.41, 5.74) is 6.96. The van der Waals surface area contributed by atoms with Gasteiger partial charge in [0.2, 0.25) is 17.7 Å². The maximum atomic E-state index is 13.3. The second-order valence-electron chi connectivity index (χ2n) is 12.2. The van der Waals surface area contributed by atoms with Gasteiger partial charge in [-0.3, -0.25) is 19.8 Å². The number of fused-ring (bicyclic) bond motifs is 1. The predicted molar refractivity (Wildman–Crippen MR) is 156 cm³/mol. The molecule has 11 heteroatoms. The number of likely N-dealkylation sites (tertiary alicyclic amines) is 1. The number of carbonyl (C=O) groups excluding carboxylic acids is 3. The summed E-state index contributed by atoms with van der Waals surface area (Å²) < 4.78 is 11.1. The summed E-state index contributed by atoms with van der Waals surface area (Å²) in [5.74, 6) is 0.0571. The van der Waals surface area contributed by atoms with E-state index in [4.69, 9.17) is 20.6 Å². The number of piperidine rings is 1. The number of nitrogen functional groups attached to an aromatic ring is 1. The van der Waals surface area contributed by atoms with Gasteiger partial charge in [-0.2, -0.15) is 0 Å². The average molecular weight is 582 g/mol. The minimum Gasteiger partial charge on any atom is -0.494 e. The van der Waals surface area contributed by atoms with E-state index in [0.29, 0.717) is 31.6 Å². The monoisotopic (exact) mass is 581 g/mol. The van der Waals surface area contributed by atoms with E-state index < -0.39 is 11.6 Å². The van der Waals surface area contributed by atoms with Crippen molar-refractivity contribution in [3.63, 3.8) is 0 Å². The van der Waals surface area contributed by atoms with E-state index in [1.54, 1.807) is 16.3 Å². The van der Waals surface area contributed by atoms with Crippen LogP contribution in [0, 0.1) is 10.8 Å². The van der Waals surface area contributed by atoms with Crippen LogP contribution in [0.5, 0.6) is 5.75 Å². The van der Waals surface area contributed by atoms with E-state index in [1.807, 2.05) is 19.1 Å². The lowest BCUT2D eigenvalue weighted by atomic mass is 9.81. The first-order chi connectivity index (χ1) is 19.4. The highest BCUT2D eigenvalue weighted by Crippen LogP contribution is 2.67. The van der Waals surface area contributed by atoms with Crippen molar-refractivity contribution in [3.05, 3.63) is 51.7 Å². The number of nitrogens with two attached hydrogens (primary N) is 1. The Hall–Kier alpha value is -3.44. The number of nitrogens with one attached hydrogen (secondary N) is 3. The molecule has 3 fully saturated rings. The first-order valence-corrected chi connectivity index (χ1v) is 14.9. The van der Waals surface area contributed by atoms with Crippen LogP contribution in [0.3, 0.4) is 0 Å². The third kappa shape index (κ3) is 5.83. The molecule has 1 aromatic heterocycles. The molecule has 3 amide bonds. The van der Waals surface area contributed by atoms with E-state index in [1.165, 1.54) is 16.9 Å². The average Bonchev–Trinajstić information content (AvgIpc) is 3.22. The summed E-state index contributed by atoms with van der Waals surface area (Å²) in [7, 11) is 0. The third-order valence-corrected chi connectivity index (χ3v) is 9.95. The van der Waals surface area contributed by atoms with Gasteiger partial charge in [-0.25, -0.2) is 0 Å². The Kier molecular flexibility index (Phi) is 7.86. The summed E-state index contributed by atoms with van der Waals surface area (Å²) in [5, 5.41) is 15.0. The van der Waals surface area contributed by atoms with Gasteiger partial charge in [-0.05, 0) is 55.4 Å². The van der Waals surface area contributed by atoms with E-state index >= 15 is 0 Å². The molecule has 2 aromatic rings. The molecular weight excluding hydrogens is 542 g/mol. The Morgan fingerprint density at radius 2 is 1.90 bits per heavy atom. The first-order valence-electron chi connectivity index (χ1n) is 14.0. The van der Waals surface area contributed by atoms with Gasteiger partial charge in [-0.1, -0.05) is 26.0 Å². The molecule has 0 bridgehead atoms. The number of carbonyl (C=O) groups is 3. The number of hydrogen-bond acceptors (Lipinski definition) is 7. The molecule has 220 valence electrons. The van der Waals surface area contributed by atoms with Crippen molar-refractivity contribution in [2.75, 3.05) is 26.4 Å². The summed E-state index contributed by atoms with van der Waals surface area (Å²) in [4.78, 5) is 41.5. The lowest BCUT2D eigenvalue weighted by molar-refractivity contribution is -0.142. The van der Waals surface area contributed by atoms with Crippen LogP contribution >= 0.6 is 11.3 Å². The second-order valence-corrected chi connectivity index (χ2v) is 13.2. The van der Waals surface area contributed by atoms with Crippen molar-refractivity contribution in [2.45, 2.75) is 70.0 Å². The summed E-state index contributed by atoms with van der Waals surface area (Å²) in [6, 6.07) is 9.19. The molecule has 5 N–H and O–H groups in total. The minimum absolute atomic E-state index is 0.0126. The number of benzene rings is 1. The molecule has 10 nitrogen and oxygen atoms in total. The molecule has 3 atom stereocenters. The SMILES string of the molecule is CC1(c2ccc(OCCCC(=O)NCC(=O)N3[C@H](C(=O)NCc4cc(C(=N)N)cs4)C[C@]4(C)CC34C)cc2)COC1. The largest absolute Gasteiger partial charge is 0.494 e. The molecule has 3 heterocycles. The summed E-state index contributed by atoms with van der Waals surface area (Å²) in [6.07, 6.45) is 2.18. The lowest BCUT2D eigenvalue weighted by Crippen LogP contribution is -2.53. The van der Waals surface area contributed by atoms with Gasteiger partial charge in [-0.15, -0.1) is 11.3 Å². The van der Waals surface area contributed by atoms with Gasteiger partial charge in [0.05, 0.1) is 32.9 Å². The molecule has 1 aromatic carbocycles. The van der Waals surface area contributed by atoms with Gasteiger partial charge in [0.1, 0.15) is 17.6 Å². The molecule has 41 heavy (non-hydrogen) atoms. The maximum absolute atomic E-state index is 13.3. The maximum Gasteiger partial charge on any atom is 0.243 e. The number of amides is 3. The first kappa shape index (κ1) is 29.1. The molecule has 1 aliphatic carbocycles. The molecular formula is C30H39N5O5S. The fourth-order valence-electron chi connectivity index (χ4n) is 6.11. The number of ether oxygens (including phenoxy) is 2. The highest BCUT2D eigenvalue weighted by molar-refractivity contribution is 7.10. The Balaban J connectivity index is 1.06. The van der Waals surface area contributed by atoms with Crippen molar-refractivity contribution >= 4 is 34.9 Å². The van der Waals surface area contributed by atoms with Gasteiger partial charge >= 0.3 is 0 Å². The quantitative estimate of drug-likeness (QED) is 0.172. The molecule has 0 radical (unpaired) electrons. The zero-order valence-electron chi connectivity index (χ0n) is 23.9. The van der Waals surface area contributed by atoms with Crippen LogP contribution in [-0.4, -0.2) is 66.4 Å². The lowest BCUT2D eigenvalue weighted by Gasteiger charge is -2.38. The van der Waals surface area contributed by atoms with Gasteiger partial charge in [0.25, 0.3) is 0 Å². The molecule has 1 unspecified atom stereocenters. The van der Waals surface area contributed by atoms with E-state index in [2.05, 4.69) is 36.6 Å². The van der Waals surface area contributed by atoms with Crippen molar-refractivity contribution in [3.8, 4) is 5.75 Å². The Morgan fingerprint density at radius 3 is 2.54 bits per heavy atom. The molecule has 2 aliphatic heterocycles. The van der Waals surface area contributed by atoms with Crippen molar-refractivity contribution in [2.24, 2.45) is 11.1 Å².